The smallest absolute Gasteiger partial charge is 0.282 e. The lowest BCUT2D eigenvalue weighted by molar-refractivity contribution is 0.480. The average molecular weight is 733 g/mol. The average Bonchev–Trinajstić information content (AvgIpc) is 2.99. The summed E-state index contributed by atoms with van der Waals surface area (Å²) in [7, 11) is -19.5. The summed E-state index contributed by atoms with van der Waals surface area (Å²) in [6, 6.07) is 13.7. The Balaban J connectivity index is 1.77. The molecule has 0 amide bonds. The zero-order valence-corrected chi connectivity index (χ0v) is 27.0. The van der Waals surface area contributed by atoms with Crippen molar-refractivity contribution in [2.75, 3.05) is 0 Å². The van der Waals surface area contributed by atoms with Crippen LogP contribution < -0.4 is 0 Å². The minimum absolute atomic E-state index is 0.124. The van der Waals surface area contributed by atoms with E-state index in [9.17, 15) is 51.9 Å². The normalized spacial score (nSPS) is 13.8. The molecule has 0 unspecified atom stereocenters. The summed E-state index contributed by atoms with van der Waals surface area (Å²) in [4.78, 5) is -2.62. The molecule has 0 spiro atoms. The Kier molecular flexibility index (Phi) is 9.11. The summed E-state index contributed by atoms with van der Waals surface area (Å²) in [5.41, 5.74) is -1.00. The molecule has 10 aliphatic heterocycles. The SMILES string of the molecule is O=S(=O)(O)c1cc2ccc1C=Cc1ccc(cc1S(=O)(=O)O)N=Nc1ccc(c(S(=O)(=O)O)c1)C=Cc1ccc(cc1S(=O)(=O)O)N=N2. The molecule has 0 radical (unpaired) electrons. The van der Waals surface area contributed by atoms with Gasteiger partial charge in [-0.15, -0.1) is 0 Å². The molecule has 4 N–H and O–H groups in total. The van der Waals surface area contributed by atoms with Crippen molar-refractivity contribution in [3.05, 3.63) is 95.1 Å². The first-order valence-electron chi connectivity index (χ1n) is 12.9. The summed E-state index contributed by atoms with van der Waals surface area (Å²) in [6.07, 6.45) is 4.54. The van der Waals surface area contributed by atoms with Gasteiger partial charge in [0.25, 0.3) is 40.5 Å². The summed E-state index contributed by atoms with van der Waals surface area (Å²) in [5.74, 6) is 0. The van der Waals surface area contributed by atoms with Gasteiger partial charge in [0.1, 0.15) is 19.6 Å². The topological polar surface area (TPSA) is 267 Å². The van der Waals surface area contributed by atoms with E-state index in [1.54, 1.807) is 0 Å². The molecule has 248 valence electrons. The Labute approximate surface area is 273 Å². The zero-order valence-electron chi connectivity index (χ0n) is 23.7. The van der Waals surface area contributed by atoms with Crippen LogP contribution in [0.4, 0.5) is 22.7 Å². The molecule has 0 aliphatic carbocycles. The Morgan fingerprint density at radius 2 is 0.521 bits per heavy atom. The molecule has 0 saturated heterocycles. The molecule has 0 fully saturated rings. The van der Waals surface area contributed by atoms with Crippen molar-refractivity contribution in [2.45, 2.75) is 19.6 Å². The van der Waals surface area contributed by atoms with E-state index in [0.717, 1.165) is 48.6 Å². The van der Waals surface area contributed by atoms with Crippen LogP contribution in [0.25, 0.3) is 24.3 Å². The van der Waals surface area contributed by atoms with Gasteiger partial charge >= 0.3 is 0 Å². The van der Waals surface area contributed by atoms with Crippen LogP contribution in [0.15, 0.2) is 113 Å². The van der Waals surface area contributed by atoms with Gasteiger partial charge in [0, 0.05) is 0 Å². The zero-order chi connectivity index (χ0) is 35.1. The number of azo groups is 2. The van der Waals surface area contributed by atoms with E-state index >= 15 is 0 Å². The van der Waals surface area contributed by atoms with Gasteiger partial charge in [-0.1, -0.05) is 48.6 Å². The lowest BCUT2D eigenvalue weighted by Crippen LogP contribution is -2.02. The highest BCUT2D eigenvalue weighted by Gasteiger charge is 2.20. The summed E-state index contributed by atoms with van der Waals surface area (Å²) in [5, 5.41) is 15.5. The maximum Gasteiger partial charge on any atom is 0.295 e. The van der Waals surface area contributed by atoms with E-state index in [0.29, 0.717) is 0 Å². The molecule has 0 atom stereocenters. The van der Waals surface area contributed by atoms with Crippen molar-refractivity contribution in [3.63, 3.8) is 0 Å². The second-order valence-corrected chi connectivity index (χ2v) is 15.4. The molecule has 4 aromatic carbocycles. The van der Waals surface area contributed by atoms with Gasteiger partial charge in [-0.25, -0.2) is 0 Å². The van der Waals surface area contributed by atoms with Crippen molar-refractivity contribution in [1.29, 1.82) is 0 Å². The largest absolute Gasteiger partial charge is 0.295 e. The van der Waals surface area contributed by atoms with E-state index in [-0.39, 0.29) is 45.0 Å². The fourth-order valence-corrected chi connectivity index (χ4v) is 7.19. The molecule has 4 aromatic rings. The number of benzene rings is 4. The van der Waals surface area contributed by atoms with Crippen LogP contribution in [0, 0.1) is 0 Å². The van der Waals surface area contributed by atoms with Gasteiger partial charge in [-0.2, -0.15) is 54.1 Å². The molecule has 14 rings (SSSR count). The molecule has 48 heavy (non-hydrogen) atoms. The number of hydrogen-bond acceptors (Lipinski definition) is 12. The maximum absolute atomic E-state index is 12.2. The first-order chi connectivity index (χ1) is 22.3. The molecule has 0 saturated carbocycles. The Bertz CT molecular complexity index is 2210. The number of nitrogens with zero attached hydrogens (tertiary/aromatic N) is 4. The second-order valence-electron chi connectivity index (χ2n) is 9.86. The van der Waals surface area contributed by atoms with Crippen LogP contribution in [-0.4, -0.2) is 51.9 Å². The minimum Gasteiger partial charge on any atom is -0.282 e. The van der Waals surface area contributed by atoms with Crippen LogP contribution in [0.3, 0.4) is 0 Å². The third kappa shape index (κ3) is 8.00. The van der Waals surface area contributed by atoms with Crippen molar-refractivity contribution < 1.29 is 51.9 Å². The van der Waals surface area contributed by atoms with Gasteiger partial charge in [-0.3, -0.25) is 18.2 Å². The van der Waals surface area contributed by atoms with E-state index in [1.165, 1.54) is 48.5 Å². The molecule has 8 bridgehead atoms. The summed E-state index contributed by atoms with van der Waals surface area (Å²) >= 11 is 0. The standard InChI is InChI=1S/C28H20N4O12S4/c33-45(34,35)25-13-21-9-5-17(25)1-2-18-6-10-22(14-26(18)46(36,37)38)30-32-24-12-8-20(28(16-24)48(42,43)44)4-3-19-7-11-23(31-29-21)15-27(19)47(39,40)41/h1-16H,(H,33,34,35)(H,36,37,38)(H,39,40,41)(H,42,43,44). The van der Waals surface area contributed by atoms with E-state index < -0.39 is 60.1 Å². The highest BCUT2D eigenvalue weighted by molar-refractivity contribution is 7.86. The molecule has 10 aliphatic rings. The van der Waals surface area contributed by atoms with Crippen molar-refractivity contribution in [1.82, 2.24) is 0 Å². The van der Waals surface area contributed by atoms with Crippen molar-refractivity contribution in [3.8, 4) is 0 Å². The predicted molar refractivity (Wildman–Crippen MR) is 171 cm³/mol. The number of hydrogen-bond donors (Lipinski definition) is 4. The quantitative estimate of drug-likeness (QED) is 0.151. The Morgan fingerprint density at radius 1 is 0.333 bits per heavy atom. The lowest BCUT2D eigenvalue weighted by Gasteiger charge is -2.08. The molecule has 10 heterocycles. The Morgan fingerprint density at radius 3 is 0.688 bits per heavy atom. The van der Waals surface area contributed by atoms with Gasteiger partial charge in [0.15, 0.2) is 0 Å². The van der Waals surface area contributed by atoms with Gasteiger partial charge in [0.2, 0.25) is 0 Å². The maximum atomic E-state index is 12.2. The predicted octanol–water partition coefficient (Wildman–Crippen LogP) is 6.16. The summed E-state index contributed by atoms with van der Waals surface area (Å²) in [6.45, 7) is 0. The van der Waals surface area contributed by atoms with E-state index in [1.807, 2.05) is 0 Å². The van der Waals surface area contributed by atoms with Crippen LogP contribution in [0.1, 0.15) is 22.3 Å². The molecule has 20 heteroatoms. The van der Waals surface area contributed by atoms with Gasteiger partial charge in [-0.05, 0) is 70.8 Å². The Hall–Kier alpha value is -4.80. The third-order valence-corrected chi connectivity index (χ3v) is 10.2. The molecular weight excluding hydrogens is 713 g/mol. The van der Waals surface area contributed by atoms with Crippen LogP contribution in [0.5, 0.6) is 0 Å². The lowest BCUT2D eigenvalue weighted by atomic mass is 10.1. The van der Waals surface area contributed by atoms with Crippen molar-refractivity contribution >= 4 is 87.5 Å². The monoisotopic (exact) mass is 732 g/mol. The second kappa shape index (κ2) is 12.7. The molecular formula is C28H20N4O12S4. The van der Waals surface area contributed by atoms with E-state index in [2.05, 4.69) is 20.5 Å². The van der Waals surface area contributed by atoms with E-state index in [4.69, 9.17) is 0 Å². The molecule has 0 aromatic heterocycles. The van der Waals surface area contributed by atoms with Crippen LogP contribution in [0.2, 0.25) is 0 Å². The highest BCUT2D eigenvalue weighted by atomic mass is 32.2. The summed E-state index contributed by atoms with van der Waals surface area (Å²) < 4.78 is 137. The fourth-order valence-electron chi connectivity index (χ4n) is 4.38. The molecule has 16 nitrogen and oxygen atoms in total. The van der Waals surface area contributed by atoms with Crippen LogP contribution >= 0.6 is 0 Å². The highest BCUT2D eigenvalue weighted by Crippen LogP contribution is 2.32. The first kappa shape index (κ1) is 34.5. The third-order valence-electron chi connectivity index (χ3n) is 6.55. The first-order valence-corrected chi connectivity index (χ1v) is 18.7. The van der Waals surface area contributed by atoms with Crippen LogP contribution in [-0.2, 0) is 40.5 Å². The number of rotatable bonds is 4. The minimum atomic E-state index is -4.89. The fraction of sp³-hybridized carbons (Fsp3) is 0. The van der Waals surface area contributed by atoms with Crippen molar-refractivity contribution in [2.24, 2.45) is 20.5 Å². The van der Waals surface area contributed by atoms with Gasteiger partial charge in [0.05, 0.1) is 22.7 Å². The van der Waals surface area contributed by atoms with Gasteiger partial charge < -0.3 is 0 Å².